The van der Waals surface area contributed by atoms with Crippen LogP contribution < -0.4 is 10.0 Å². The van der Waals surface area contributed by atoms with Gasteiger partial charge in [-0.15, -0.1) is 11.3 Å². The molecule has 1 aliphatic heterocycles. The molecule has 2 N–H and O–H groups in total. The summed E-state index contributed by atoms with van der Waals surface area (Å²) < 4.78 is 25.6. The van der Waals surface area contributed by atoms with Crippen molar-refractivity contribution in [2.45, 2.75) is 23.1 Å². The monoisotopic (exact) mass is 353 g/mol. The number of nitrogens with zero attached hydrogens (tertiary/aromatic N) is 1. The molecule has 21 heavy (non-hydrogen) atoms. The van der Waals surface area contributed by atoms with Crippen molar-refractivity contribution >= 4 is 50.5 Å². The normalized spacial score (nSPS) is 19.4. The van der Waals surface area contributed by atoms with Gasteiger partial charge in [-0.05, 0) is 6.42 Å². The Morgan fingerprint density at radius 1 is 1.48 bits per heavy atom. The Balaban J connectivity index is 2.23. The lowest BCUT2D eigenvalue weighted by Crippen LogP contribution is -2.52. The predicted molar refractivity (Wildman–Crippen MR) is 72.5 cm³/mol. The van der Waals surface area contributed by atoms with Crippen molar-refractivity contribution in [3.8, 4) is 0 Å². The highest BCUT2D eigenvalue weighted by molar-refractivity contribution is 7.91. The van der Waals surface area contributed by atoms with Crippen LogP contribution in [0.1, 0.15) is 12.8 Å². The van der Waals surface area contributed by atoms with E-state index in [1.54, 1.807) is 0 Å². The zero-order chi connectivity index (χ0) is 15.8. The van der Waals surface area contributed by atoms with Crippen molar-refractivity contribution < 1.29 is 22.9 Å². The van der Waals surface area contributed by atoms with Gasteiger partial charge in [-0.3, -0.25) is 25.0 Å². The number of halogens is 1. The van der Waals surface area contributed by atoms with Gasteiger partial charge < -0.3 is 0 Å². The van der Waals surface area contributed by atoms with Crippen LogP contribution in [0.4, 0.5) is 5.69 Å². The summed E-state index contributed by atoms with van der Waals surface area (Å²) in [6.45, 7) is 0. The van der Waals surface area contributed by atoms with Gasteiger partial charge in [-0.2, -0.15) is 4.72 Å². The Kier molecular flexibility index (Phi) is 4.27. The number of sulfonamides is 1. The molecule has 1 fully saturated rings. The predicted octanol–water partition coefficient (Wildman–Crippen LogP) is 0.393. The zero-order valence-corrected chi connectivity index (χ0v) is 12.5. The van der Waals surface area contributed by atoms with Crippen LogP contribution in [0.3, 0.4) is 0 Å². The number of hydrogen-bond acceptors (Lipinski definition) is 7. The van der Waals surface area contributed by atoms with Crippen LogP contribution in [-0.2, 0) is 19.6 Å². The van der Waals surface area contributed by atoms with Crippen LogP contribution in [0.5, 0.6) is 0 Å². The third kappa shape index (κ3) is 3.37. The number of nitro groups is 1. The van der Waals surface area contributed by atoms with Crippen molar-refractivity contribution in [1.29, 1.82) is 0 Å². The molecule has 0 radical (unpaired) electrons. The van der Waals surface area contributed by atoms with E-state index in [0.29, 0.717) is 11.3 Å². The van der Waals surface area contributed by atoms with Crippen LogP contribution >= 0.6 is 22.9 Å². The molecule has 0 aliphatic carbocycles. The lowest BCUT2D eigenvalue weighted by Gasteiger charge is -2.21. The number of piperidine rings is 1. The molecule has 1 atom stereocenters. The van der Waals surface area contributed by atoms with Crippen molar-refractivity contribution in [1.82, 2.24) is 10.0 Å². The molecule has 1 aromatic heterocycles. The standard InChI is InChI=1S/C9H8ClN3O6S2/c10-8-5(13(16)17)3-7(20-8)21(18,19)12-4-1-2-6(14)11-9(4)15/h3-4,12H,1-2H2,(H,11,14,15). The lowest BCUT2D eigenvalue weighted by atomic mass is 10.1. The van der Waals surface area contributed by atoms with E-state index in [4.69, 9.17) is 11.6 Å². The molecule has 1 aliphatic rings. The summed E-state index contributed by atoms with van der Waals surface area (Å²) in [6, 6.07) is -0.283. The smallest absolute Gasteiger partial charge is 0.295 e. The maximum Gasteiger partial charge on any atom is 0.300 e. The number of imide groups is 1. The first kappa shape index (κ1) is 15.8. The van der Waals surface area contributed by atoms with Crippen LogP contribution in [0.25, 0.3) is 0 Å². The molecule has 114 valence electrons. The molecule has 0 aromatic carbocycles. The average Bonchev–Trinajstić information content (AvgIpc) is 2.76. The van der Waals surface area contributed by atoms with Crippen molar-refractivity contribution in [3.05, 3.63) is 20.5 Å². The van der Waals surface area contributed by atoms with Crippen molar-refractivity contribution in [2.24, 2.45) is 0 Å². The number of rotatable bonds is 4. The van der Waals surface area contributed by atoms with Gasteiger partial charge in [-0.25, -0.2) is 8.42 Å². The van der Waals surface area contributed by atoms with Gasteiger partial charge in [0.05, 0.1) is 4.92 Å². The quantitative estimate of drug-likeness (QED) is 0.456. The SMILES string of the molecule is O=C1CCC(NS(=O)(=O)c2cc([N+](=O)[O-])c(Cl)s2)C(=O)N1. The third-order valence-electron chi connectivity index (χ3n) is 2.64. The summed E-state index contributed by atoms with van der Waals surface area (Å²) in [5.74, 6) is -1.24. The van der Waals surface area contributed by atoms with Gasteiger partial charge >= 0.3 is 0 Å². The number of carbonyl (C=O) groups is 2. The summed E-state index contributed by atoms with van der Waals surface area (Å²) in [5.41, 5.74) is -0.523. The van der Waals surface area contributed by atoms with E-state index in [1.807, 2.05) is 5.32 Å². The Labute approximate surface area is 127 Å². The minimum absolute atomic E-state index is 0.00424. The second-order valence-corrected chi connectivity index (χ2v) is 7.70. The highest BCUT2D eigenvalue weighted by atomic mass is 35.5. The van der Waals surface area contributed by atoms with E-state index in [9.17, 15) is 28.1 Å². The zero-order valence-electron chi connectivity index (χ0n) is 10.2. The molecule has 12 heteroatoms. The minimum Gasteiger partial charge on any atom is -0.295 e. The first-order chi connectivity index (χ1) is 9.70. The maximum absolute atomic E-state index is 12.1. The number of amides is 2. The summed E-state index contributed by atoms with van der Waals surface area (Å²) in [5, 5.41) is 12.7. The molecule has 0 bridgehead atoms. The van der Waals surface area contributed by atoms with Gasteiger partial charge in [0.25, 0.3) is 15.7 Å². The molecular formula is C9H8ClN3O6S2. The van der Waals surface area contributed by atoms with Crippen LogP contribution in [0, 0.1) is 10.1 Å². The Hall–Kier alpha value is -1.56. The molecule has 0 spiro atoms. The largest absolute Gasteiger partial charge is 0.300 e. The number of hydrogen-bond donors (Lipinski definition) is 2. The Morgan fingerprint density at radius 3 is 2.67 bits per heavy atom. The summed E-state index contributed by atoms with van der Waals surface area (Å²) in [7, 11) is -4.14. The van der Waals surface area contributed by atoms with E-state index in [2.05, 4.69) is 4.72 Å². The van der Waals surface area contributed by atoms with Gasteiger partial charge in [0.2, 0.25) is 11.8 Å². The van der Waals surface area contributed by atoms with Gasteiger partial charge in [-0.1, -0.05) is 11.6 Å². The highest BCUT2D eigenvalue weighted by Gasteiger charge is 2.33. The molecular weight excluding hydrogens is 346 g/mol. The topological polar surface area (TPSA) is 135 Å². The highest BCUT2D eigenvalue weighted by Crippen LogP contribution is 2.36. The Morgan fingerprint density at radius 2 is 2.14 bits per heavy atom. The first-order valence-electron chi connectivity index (χ1n) is 5.50. The molecule has 2 amide bonds. The number of nitrogens with one attached hydrogen (secondary N) is 2. The second-order valence-electron chi connectivity index (χ2n) is 4.11. The summed E-state index contributed by atoms with van der Waals surface area (Å²) in [6.07, 6.45) is 0.0232. The van der Waals surface area contributed by atoms with Gasteiger partial charge in [0.1, 0.15) is 10.3 Å². The molecule has 0 saturated carbocycles. The molecule has 9 nitrogen and oxygen atoms in total. The number of carbonyl (C=O) groups excluding carboxylic acids is 2. The van der Waals surface area contributed by atoms with Crippen molar-refractivity contribution in [2.75, 3.05) is 0 Å². The van der Waals surface area contributed by atoms with Crippen LogP contribution in [0.15, 0.2) is 10.3 Å². The molecule has 1 saturated heterocycles. The summed E-state index contributed by atoms with van der Waals surface area (Å²) >= 11 is 6.11. The third-order valence-corrected chi connectivity index (χ3v) is 5.93. The van der Waals surface area contributed by atoms with E-state index < -0.39 is 38.5 Å². The van der Waals surface area contributed by atoms with E-state index in [1.165, 1.54) is 0 Å². The van der Waals surface area contributed by atoms with Crippen molar-refractivity contribution in [3.63, 3.8) is 0 Å². The van der Waals surface area contributed by atoms with E-state index in [-0.39, 0.29) is 21.4 Å². The number of thiophene rings is 1. The fraction of sp³-hybridized carbons (Fsp3) is 0.333. The molecule has 1 aromatic rings. The molecule has 2 rings (SSSR count). The van der Waals surface area contributed by atoms with Crippen LogP contribution in [0.2, 0.25) is 4.34 Å². The summed E-state index contributed by atoms with van der Waals surface area (Å²) in [4.78, 5) is 32.3. The molecule has 1 unspecified atom stereocenters. The van der Waals surface area contributed by atoms with Gasteiger partial charge in [0.15, 0.2) is 4.34 Å². The fourth-order valence-corrected chi connectivity index (χ4v) is 4.56. The van der Waals surface area contributed by atoms with Crippen LogP contribution in [-0.4, -0.2) is 31.2 Å². The Bertz CT molecular complexity index is 728. The lowest BCUT2D eigenvalue weighted by molar-refractivity contribution is -0.384. The van der Waals surface area contributed by atoms with E-state index in [0.717, 1.165) is 6.07 Å². The average molecular weight is 354 g/mol. The first-order valence-corrected chi connectivity index (χ1v) is 8.18. The minimum atomic E-state index is -4.14. The van der Waals surface area contributed by atoms with E-state index >= 15 is 0 Å². The second kappa shape index (κ2) is 5.67. The maximum atomic E-state index is 12.1. The molecule has 2 heterocycles. The van der Waals surface area contributed by atoms with Gasteiger partial charge in [0, 0.05) is 12.5 Å². The fourth-order valence-electron chi connectivity index (χ4n) is 1.65.